The number of thioether (sulfide) groups is 1. The van der Waals surface area contributed by atoms with Gasteiger partial charge >= 0.3 is 0 Å². The van der Waals surface area contributed by atoms with Crippen LogP contribution in [0.5, 0.6) is 5.75 Å². The molecule has 1 N–H and O–H groups in total. The van der Waals surface area contributed by atoms with Crippen LogP contribution in [0.25, 0.3) is 0 Å². The van der Waals surface area contributed by atoms with Gasteiger partial charge in [0.1, 0.15) is 5.75 Å². The SMILES string of the molecule is O=C(CCCOc1ccc(Cl)cc1)NCCSc1ccc(Cl)cc1. The number of halogens is 2. The van der Waals surface area contributed by atoms with Crippen molar-refractivity contribution < 1.29 is 9.53 Å². The second-order valence-electron chi connectivity index (χ2n) is 5.06. The van der Waals surface area contributed by atoms with Gasteiger partial charge in [-0.25, -0.2) is 0 Å². The molecule has 0 bridgehead atoms. The Morgan fingerprint density at radius 2 is 1.62 bits per heavy atom. The van der Waals surface area contributed by atoms with E-state index in [-0.39, 0.29) is 5.91 Å². The summed E-state index contributed by atoms with van der Waals surface area (Å²) in [4.78, 5) is 12.9. The fraction of sp³-hybridized carbons (Fsp3) is 0.278. The summed E-state index contributed by atoms with van der Waals surface area (Å²) < 4.78 is 5.55. The average Bonchev–Trinajstić information content (AvgIpc) is 2.59. The lowest BCUT2D eigenvalue weighted by Gasteiger charge is -2.07. The Morgan fingerprint density at radius 3 is 2.29 bits per heavy atom. The van der Waals surface area contributed by atoms with Crippen molar-refractivity contribution in [2.45, 2.75) is 17.7 Å². The summed E-state index contributed by atoms with van der Waals surface area (Å²) in [5.74, 6) is 1.64. The molecule has 0 spiro atoms. The third-order valence-corrected chi connectivity index (χ3v) is 4.65. The standard InChI is InChI=1S/C18H19Cl2NO2S/c19-14-3-7-16(8-4-14)23-12-1-2-18(22)21-11-13-24-17-9-5-15(20)6-10-17/h3-10H,1-2,11-13H2,(H,21,22). The molecule has 0 saturated carbocycles. The molecule has 2 aromatic carbocycles. The Hall–Kier alpha value is -1.36. The first-order chi connectivity index (χ1) is 11.6. The number of nitrogens with one attached hydrogen (secondary N) is 1. The Labute approximate surface area is 156 Å². The highest BCUT2D eigenvalue weighted by Crippen LogP contribution is 2.19. The minimum Gasteiger partial charge on any atom is -0.494 e. The first kappa shape index (κ1) is 19.0. The van der Waals surface area contributed by atoms with Gasteiger partial charge in [0, 0.05) is 33.7 Å². The lowest BCUT2D eigenvalue weighted by atomic mass is 10.3. The molecule has 0 aliphatic heterocycles. The molecule has 0 aromatic heterocycles. The van der Waals surface area contributed by atoms with Crippen LogP contribution in [0.3, 0.4) is 0 Å². The van der Waals surface area contributed by atoms with Crippen molar-refractivity contribution >= 4 is 40.9 Å². The van der Waals surface area contributed by atoms with Crippen molar-refractivity contribution in [3.63, 3.8) is 0 Å². The molecule has 3 nitrogen and oxygen atoms in total. The van der Waals surface area contributed by atoms with Gasteiger partial charge < -0.3 is 10.1 Å². The van der Waals surface area contributed by atoms with E-state index in [0.717, 1.165) is 21.4 Å². The minimum atomic E-state index is 0.0476. The third kappa shape index (κ3) is 7.47. The van der Waals surface area contributed by atoms with Gasteiger partial charge in [0.25, 0.3) is 0 Å². The Kier molecular flexibility index (Phi) is 8.29. The highest BCUT2D eigenvalue weighted by atomic mass is 35.5. The maximum atomic E-state index is 11.7. The van der Waals surface area contributed by atoms with E-state index in [4.69, 9.17) is 27.9 Å². The van der Waals surface area contributed by atoms with E-state index in [1.54, 1.807) is 23.9 Å². The van der Waals surface area contributed by atoms with Crippen LogP contribution in [0, 0.1) is 0 Å². The summed E-state index contributed by atoms with van der Waals surface area (Å²) in [6, 6.07) is 14.9. The molecule has 0 unspecified atom stereocenters. The zero-order chi connectivity index (χ0) is 17.2. The van der Waals surface area contributed by atoms with Gasteiger partial charge in [0.2, 0.25) is 5.91 Å². The van der Waals surface area contributed by atoms with Gasteiger partial charge in [0.15, 0.2) is 0 Å². The zero-order valence-corrected chi connectivity index (χ0v) is 15.5. The number of rotatable bonds is 9. The second-order valence-corrected chi connectivity index (χ2v) is 7.10. The molecule has 128 valence electrons. The number of hydrogen-bond acceptors (Lipinski definition) is 3. The van der Waals surface area contributed by atoms with E-state index in [9.17, 15) is 4.79 Å². The fourth-order valence-electron chi connectivity index (χ4n) is 1.93. The highest BCUT2D eigenvalue weighted by Gasteiger charge is 2.02. The van der Waals surface area contributed by atoms with Gasteiger partial charge in [-0.15, -0.1) is 11.8 Å². The zero-order valence-electron chi connectivity index (χ0n) is 13.1. The molecule has 0 atom stereocenters. The highest BCUT2D eigenvalue weighted by molar-refractivity contribution is 7.99. The molecular weight excluding hydrogens is 365 g/mol. The number of hydrogen-bond donors (Lipinski definition) is 1. The summed E-state index contributed by atoms with van der Waals surface area (Å²) in [7, 11) is 0. The van der Waals surface area contributed by atoms with Crippen LogP contribution >= 0.6 is 35.0 Å². The van der Waals surface area contributed by atoms with Crippen molar-refractivity contribution in [1.29, 1.82) is 0 Å². The molecule has 24 heavy (non-hydrogen) atoms. The maximum Gasteiger partial charge on any atom is 0.220 e. The molecule has 0 radical (unpaired) electrons. The number of amides is 1. The summed E-state index contributed by atoms with van der Waals surface area (Å²) in [5, 5.41) is 4.32. The van der Waals surface area contributed by atoms with Crippen molar-refractivity contribution in [2.75, 3.05) is 18.9 Å². The molecule has 2 aromatic rings. The summed E-state index contributed by atoms with van der Waals surface area (Å²) >= 11 is 13.3. The number of benzene rings is 2. The molecule has 0 aliphatic carbocycles. The van der Waals surface area contributed by atoms with E-state index in [1.807, 2.05) is 36.4 Å². The van der Waals surface area contributed by atoms with E-state index in [2.05, 4.69) is 5.32 Å². The third-order valence-electron chi connectivity index (χ3n) is 3.14. The molecule has 2 rings (SSSR count). The van der Waals surface area contributed by atoms with Crippen molar-refractivity contribution in [1.82, 2.24) is 5.32 Å². The minimum absolute atomic E-state index is 0.0476. The molecule has 0 saturated heterocycles. The first-order valence-corrected chi connectivity index (χ1v) is 9.41. The Morgan fingerprint density at radius 1 is 1.00 bits per heavy atom. The van der Waals surface area contributed by atoms with Crippen LogP contribution in [0.2, 0.25) is 10.0 Å². The average molecular weight is 384 g/mol. The largest absolute Gasteiger partial charge is 0.494 e. The summed E-state index contributed by atoms with van der Waals surface area (Å²) in [6.07, 6.45) is 1.14. The lowest BCUT2D eigenvalue weighted by Crippen LogP contribution is -2.25. The topological polar surface area (TPSA) is 38.3 Å². The molecule has 6 heteroatoms. The van der Waals surface area contributed by atoms with Gasteiger partial charge in [-0.1, -0.05) is 23.2 Å². The molecule has 0 fully saturated rings. The summed E-state index contributed by atoms with van der Waals surface area (Å²) in [5.41, 5.74) is 0. The summed E-state index contributed by atoms with van der Waals surface area (Å²) in [6.45, 7) is 1.15. The molecular formula is C18H19Cl2NO2S. The fourth-order valence-corrected chi connectivity index (χ4v) is 2.95. The van der Waals surface area contributed by atoms with E-state index >= 15 is 0 Å². The monoisotopic (exact) mass is 383 g/mol. The molecule has 0 heterocycles. The number of ether oxygens (including phenoxy) is 1. The predicted molar refractivity (Wildman–Crippen MR) is 101 cm³/mol. The Bertz CT molecular complexity index is 577. The smallest absolute Gasteiger partial charge is 0.220 e. The molecule has 1 amide bonds. The van der Waals surface area contributed by atoms with Gasteiger partial charge in [-0.05, 0) is 55.0 Å². The van der Waals surface area contributed by atoms with Gasteiger partial charge in [-0.2, -0.15) is 0 Å². The van der Waals surface area contributed by atoms with E-state index in [1.165, 1.54) is 0 Å². The van der Waals surface area contributed by atoms with Crippen LogP contribution in [0.15, 0.2) is 53.4 Å². The number of carbonyl (C=O) groups excluding carboxylic acids is 1. The van der Waals surface area contributed by atoms with E-state index in [0.29, 0.717) is 31.0 Å². The normalized spacial score (nSPS) is 10.4. The quantitative estimate of drug-likeness (QED) is 0.485. The van der Waals surface area contributed by atoms with Gasteiger partial charge in [-0.3, -0.25) is 4.79 Å². The molecule has 0 aliphatic rings. The van der Waals surface area contributed by atoms with E-state index < -0.39 is 0 Å². The maximum absolute atomic E-state index is 11.7. The van der Waals surface area contributed by atoms with Crippen molar-refractivity contribution in [3.05, 3.63) is 58.6 Å². The van der Waals surface area contributed by atoms with Crippen molar-refractivity contribution in [3.8, 4) is 5.75 Å². The van der Waals surface area contributed by atoms with Gasteiger partial charge in [0.05, 0.1) is 6.61 Å². The lowest BCUT2D eigenvalue weighted by molar-refractivity contribution is -0.121. The van der Waals surface area contributed by atoms with Crippen LogP contribution in [-0.4, -0.2) is 24.8 Å². The second kappa shape index (κ2) is 10.5. The number of carbonyl (C=O) groups is 1. The van der Waals surface area contributed by atoms with Crippen LogP contribution in [-0.2, 0) is 4.79 Å². The van der Waals surface area contributed by atoms with Crippen molar-refractivity contribution in [2.24, 2.45) is 0 Å². The first-order valence-electron chi connectivity index (χ1n) is 7.67. The van der Waals surface area contributed by atoms with Crippen LogP contribution in [0.4, 0.5) is 0 Å². The Balaban J connectivity index is 1.52. The predicted octanol–water partition coefficient (Wildman–Crippen LogP) is 5.06. The van der Waals surface area contributed by atoms with Crippen LogP contribution < -0.4 is 10.1 Å². The van der Waals surface area contributed by atoms with Crippen LogP contribution in [0.1, 0.15) is 12.8 Å².